The van der Waals surface area contributed by atoms with Crippen LogP contribution in [0.3, 0.4) is 0 Å². The van der Waals surface area contributed by atoms with Crippen molar-refractivity contribution in [3.63, 3.8) is 0 Å². The van der Waals surface area contributed by atoms with E-state index in [9.17, 15) is 0 Å². The van der Waals surface area contributed by atoms with Gasteiger partial charge in [0.1, 0.15) is 0 Å². The minimum absolute atomic E-state index is 0.434. The number of aromatic amines is 1. The van der Waals surface area contributed by atoms with E-state index in [0.717, 1.165) is 27.9 Å². The van der Waals surface area contributed by atoms with Gasteiger partial charge in [-0.3, -0.25) is 5.10 Å². The number of aryl methyl sites for hydroxylation is 1. The molecule has 0 fully saturated rings. The van der Waals surface area contributed by atoms with E-state index in [2.05, 4.69) is 10.2 Å². The topological polar surface area (TPSA) is 54.7 Å². The van der Waals surface area contributed by atoms with Crippen molar-refractivity contribution in [3.05, 3.63) is 58.1 Å². The van der Waals surface area contributed by atoms with Crippen LogP contribution in [0.1, 0.15) is 5.56 Å². The third-order valence-corrected chi connectivity index (χ3v) is 4.01. The van der Waals surface area contributed by atoms with Crippen LogP contribution >= 0.6 is 23.2 Å². The first-order chi connectivity index (χ1) is 10.1. The van der Waals surface area contributed by atoms with Gasteiger partial charge in [0.25, 0.3) is 0 Å². The largest absolute Gasteiger partial charge is 0.382 e. The Labute approximate surface area is 132 Å². The van der Waals surface area contributed by atoms with E-state index in [4.69, 9.17) is 28.9 Å². The maximum Gasteiger partial charge on any atom is 0.153 e. The minimum Gasteiger partial charge on any atom is -0.382 e. The zero-order valence-electron chi connectivity index (χ0n) is 11.3. The van der Waals surface area contributed by atoms with Gasteiger partial charge in [0.05, 0.1) is 11.3 Å². The highest BCUT2D eigenvalue weighted by Gasteiger charge is 2.15. The summed E-state index contributed by atoms with van der Waals surface area (Å²) in [5.74, 6) is 0.434. The van der Waals surface area contributed by atoms with E-state index >= 15 is 0 Å². The number of hydrogen-bond acceptors (Lipinski definition) is 2. The molecule has 0 amide bonds. The van der Waals surface area contributed by atoms with Gasteiger partial charge in [0, 0.05) is 15.6 Å². The van der Waals surface area contributed by atoms with E-state index < -0.39 is 0 Å². The standard InChI is InChI=1S/C16H13Cl2N3/c1-9-5-6-11(8-13(9)18)15-14(16(19)21-20-15)10-3-2-4-12(17)7-10/h2-8H,1H3,(H3,19,20,21). The fourth-order valence-electron chi connectivity index (χ4n) is 2.25. The number of aromatic nitrogens is 2. The molecule has 1 aromatic heterocycles. The van der Waals surface area contributed by atoms with Crippen molar-refractivity contribution in [2.75, 3.05) is 5.73 Å². The molecule has 2 aromatic carbocycles. The number of benzene rings is 2. The van der Waals surface area contributed by atoms with Crippen LogP contribution in [0.5, 0.6) is 0 Å². The number of halogens is 2. The number of rotatable bonds is 2. The average molecular weight is 318 g/mol. The molecule has 0 saturated carbocycles. The molecule has 3 nitrogen and oxygen atoms in total. The van der Waals surface area contributed by atoms with Crippen LogP contribution in [-0.4, -0.2) is 10.2 Å². The van der Waals surface area contributed by atoms with Gasteiger partial charge in [-0.25, -0.2) is 0 Å². The summed E-state index contributed by atoms with van der Waals surface area (Å²) in [6.45, 7) is 1.96. The zero-order valence-corrected chi connectivity index (χ0v) is 12.8. The Morgan fingerprint density at radius 3 is 2.57 bits per heavy atom. The average Bonchev–Trinajstić information content (AvgIpc) is 2.84. The lowest BCUT2D eigenvalue weighted by Gasteiger charge is -2.07. The Bertz CT molecular complexity index is 809. The van der Waals surface area contributed by atoms with E-state index in [1.807, 2.05) is 49.4 Å². The molecule has 3 aromatic rings. The molecule has 1 heterocycles. The summed E-state index contributed by atoms with van der Waals surface area (Å²) in [6, 6.07) is 13.4. The SMILES string of the molecule is Cc1ccc(-c2[nH]nc(N)c2-c2cccc(Cl)c2)cc1Cl. The predicted octanol–water partition coefficient (Wildman–Crippen LogP) is 4.94. The second kappa shape index (κ2) is 5.43. The summed E-state index contributed by atoms with van der Waals surface area (Å²) in [4.78, 5) is 0. The molecule has 0 spiro atoms. The summed E-state index contributed by atoms with van der Waals surface area (Å²) in [5, 5.41) is 8.46. The lowest BCUT2D eigenvalue weighted by Crippen LogP contribution is -1.89. The molecule has 0 radical (unpaired) electrons. The smallest absolute Gasteiger partial charge is 0.153 e. The van der Waals surface area contributed by atoms with Crippen molar-refractivity contribution >= 4 is 29.0 Å². The van der Waals surface area contributed by atoms with Crippen LogP contribution in [0.15, 0.2) is 42.5 Å². The Morgan fingerprint density at radius 1 is 1.05 bits per heavy atom. The van der Waals surface area contributed by atoms with Gasteiger partial charge in [0.15, 0.2) is 5.82 Å². The summed E-state index contributed by atoms with van der Waals surface area (Å²) < 4.78 is 0. The molecule has 0 aliphatic heterocycles. The van der Waals surface area contributed by atoms with Crippen LogP contribution < -0.4 is 5.73 Å². The fraction of sp³-hybridized carbons (Fsp3) is 0.0625. The molecule has 3 rings (SSSR count). The summed E-state index contributed by atoms with van der Waals surface area (Å²) in [6.07, 6.45) is 0. The third kappa shape index (κ3) is 2.62. The Hall–Kier alpha value is -1.97. The molecule has 0 saturated heterocycles. The van der Waals surface area contributed by atoms with Crippen LogP contribution in [0.4, 0.5) is 5.82 Å². The van der Waals surface area contributed by atoms with Crippen LogP contribution in [0, 0.1) is 6.92 Å². The van der Waals surface area contributed by atoms with Gasteiger partial charge in [-0.15, -0.1) is 0 Å². The molecule has 106 valence electrons. The zero-order chi connectivity index (χ0) is 15.0. The molecule has 3 N–H and O–H groups in total. The van der Waals surface area contributed by atoms with E-state index in [1.165, 1.54) is 0 Å². The first-order valence-corrected chi connectivity index (χ1v) is 7.18. The number of H-pyrrole nitrogens is 1. The molecule has 0 bridgehead atoms. The molecule has 0 aliphatic carbocycles. The second-order valence-electron chi connectivity index (χ2n) is 4.83. The Morgan fingerprint density at radius 2 is 1.86 bits per heavy atom. The van der Waals surface area contributed by atoms with Gasteiger partial charge in [0.2, 0.25) is 0 Å². The number of nitrogen functional groups attached to an aromatic ring is 1. The Balaban J connectivity index is 2.19. The van der Waals surface area contributed by atoms with E-state index in [-0.39, 0.29) is 0 Å². The number of anilines is 1. The molecular formula is C16H13Cl2N3. The van der Waals surface area contributed by atoms with Gasteiger partial charge in [-0.2, -0.15) is 5.10 Å². The van der Waals surface area contributed by atoms with E-state index in [0.29, 0.717) is 15.9 Å². The monoisotopic (exact) mass is 317 g/mol. The fourth-order valence-corrected chi connectivity index (χ4v) is 2.62. The molecule has 0 aliphatic rings. The highest BCUT2D eigenvalue weighted by atomic mass is 35.5. The third-order valence-electron chi connectivity index (χ3n) is 3.37. The van der Waals surface area contributed by atoms with Crippen LogP contribution in [0.25, 0.3) is 22.4 Å². The van der Waals surface area contributed by atoms with Crippen LogP contribution in [-0.2, 0) is 0 Å². The minimum atomic E-state index is 0.434. The Kier molecular flexibility index (Phi) is 3.62. The summed E-state index contributed by atoms with van der Waals surface area (Å²) >= 11 is 12.3. The molecule has 21 heavy (non-hydrogen) atoms. The first-order valence-electron chi connectivity index (χ1n) is 6.42. The molecule has 5 heteroatoms. The van der Waals surface area contributed by atoms with Crippen molar-refractivity contribution in [1.82, 2.24) is 10.2 Å². The lowest BCUT2D eigenvalue weighted by molar-refractivity contribution is 1.10. The van der Waals surface area contributed by atoms with Crippen LogP contribution in [0.2, 0.25) is 10.0 Å². The maximum atomic E-state index is 6.21. The molecule has 0 unspecified atom stereocenters. The van der Waals surface area contributed by atoms with Crippen molar-refractivity contribution in [1.29, 1.82) is 0 Å². The number of hydrogen-bond donors (Lipinski definition) is 2. The predicted molar refractivity (Wildman–Crippen MR) is 88.6 cm³/mol. The summed E-state index contributed by atoms with van der Waals surface area (Å²) in [7, 11) is 0. The second-order valence-corrected chi connectivity index (χ2v) is 5.68. The highest BCUT2D eigenvalue weighted by Crippen LogP contribution is 2.36. The number of nitrogens with one attached hydrogen (secondary N) is 1. The number of nitrogens with zero attached hydrogens (tertiary/aromatic N) is 1. The lowest BCUT2D eigenvalue weighted by atomic mass is 10.0. The van der Waals surface area contributed by atoms with Gasteiger partial charge >= 0.3 is 0 Å². The highest BCUT2D eigenvalue weighted by molar-refractivity contribution is 6.31. The maximum absolute atomic E-state index is 6.21. The van der Waals surface area contributed by atoms with Crippen molar-refractivity contribution in [2.45, 2.75) is 6.92 Å². The normalized spacial score (nSPS) is 10.8. The van der Waals surface area contributed by atoms with Crippen molar-refractivity contribution in [2.24, 2.45) is 0 Å². The van der Waals surface area contributed by atoms with Gasteiger partial charge in [-0.05, 0) is 36.2 Å². The first kappa shape index (κ1) is 14.0. The molecule has 0 atom stereocenters. The van der Waals surface area contributed by atoms with E-state index in [1.54, 1.807) is 0 Å². The van der Waals surface area contributed by atoms with Crippen molar-refractivity contribution < 1.29 is 0 Å². The summed E-state index contributed by atoms with van der Waals surface area (Å²) in [5.41, 5.74) is 10.5. The van der Waals surface area contributed by atoms with Crippen molar-refractivity contribution in [3.8, 4) is 22.4 Å². The number of nitrogens with two attached hydrogens (primary N) is 1. The quantitative estimate of drug-likeness (QED) is 0.703. The van der Waals surface area contributed by atoms with Gasteiger partial charge < -0.3 is 5.73 Å². The molecular weight excluding hydrogens is 305 g/mol. The van der Waals surface area contributed by atoms with Gasteiger partial charge in [-0.1, -0.05) is 47.5 Å².